The molecule has 0 saturated heterocycles. The highest BCUT2D eigenvalue weighted by Crippen LogP contribution is 2.28. The van der Waals surface area contributed by atoms with Crippen LogP contribution in [0.5, 0.6) is 5.75 Å². The number of nitrogens with zero attached hydrogens (tertiary/aromatic N) is 1. The molecule has 0 radical (unpaired) electrons. The number of ether oxygens (including phenoxy) is 1. The zero-order valence-electron chi connectivity index (χ0n) is 9.45. The quantitative estimate of drug-likeness (QED) is 0.825. The summed E-state index contributed by atoms with van der Waals surface area (Å²) < 4.78 is 5.25. The van der Waals surface area contributed by atoms with Crippen LogP contribution in [-0.2, 0) is 0 Å². The van der Waals surface area contributed by atoms with Crippen molar-refractivity contribution in [2.24, 2.45) is 0 Å². The molecule has 2 atom stereocenters. The second-order valence-electron chi connectivity index (χ2n) is 4.11. The second-order valence-corrected chi connectivity index (χ2v) is 4.67. The van der Waals surface area contributed by atoms with E-state index in [4.69, 9.17) is 16.3 Å². The molecule has 16 heavy (non-hydrogen) atoms. The molecule has 1 aromatic rings. The molecule has 4 heteroatoms. The minimum atomic E-state index is 0.195. The van der Waals surface area contributed by atoms with E-state index in [0.29, 0.717) is 6.04 Å². The summed E-state index contributed by atoms with van der Waals surface area (Å²) >= 11 is 6.30. The fraction of sp³-hybridized carbons (Fsp3) is 0.583. The monoisotopic (exact) mass is 240 g/mol. The summed E-state index contributed by atoms with van der Waals surface area (Å²) in [5, 5.41) is 3.58. The first-order valence-electron chi connectivity index (χ1n) is 5.71. The van der Waals surface area contributed by atoms with Crippen molar-refractivity contribution in [3.8, 4) is 5.75 Å². The summed E-state index contributed by atoms with van der Waals surface area (Å²) in [5.74, 6) is 1.57. The number of pyridine rings is 1. The highest BCUT2D eigenvalue weighted by Gasteiger charge is 2.23. The predicted molar refractivity (Wildman–Crippen MR) is 66.3 cm³/mol. The number of hydrogen-bond donors (Lipinski definition) is 1. The van der Waals surface area contributed by atoms with Crippen LogP contribution in [0.3, 0.4) is 0 Å². The van der Waals surface area contributed by atoms with Gasteiger partial charge in [-0.15, -0.1) is 11.6 Å². The van der Waals surface area contributed by atoms with Gasteiger partial charge in [-0.3, -0.25) is 0 Å². The first-order valence-corrected chi connectivity index (χ1v) is 6.14. The smallest absolute Gasteiger partial charge is 0.168 e. The van der Waals surface area contributed by atoms with Crippen LogP contribution in [0, 0.1) is 0 Å². The molecule has 0 spiro atoms. The molecule has 2 unspecified atom stereocenters. The van der Waals surface area contributed by atoms with Crippen molar-refractivity contribution in [1.82, 2.24) is 4.98 Å². The molecule has 2 rings (SSSR count). The molecule has 0 bridgehead atoms. The van der Waals surface area contributed by atoms with E-state index >= 15 is 0 Å². The largest absolute Gasteiger partial charge is 0.493 e. The molecule has 88 valence electrons. The molecule has 0 amide bonds. The first-order chi connectivity index (χ1) is 7.81. The summed E-state index contributed by atoms with van der Waals surface area (Å²) in [5.41, 5.74) is 0. The van der Waals surface area contributed by atoms with Crippen molar-refractivity contribution in [3.63, 3.8) is 0 Å². The molecule has 1 saturated carbocycles. The molecule has 1 N–H and O–H groups in total. The summed E-state index contributed by atoms with van der Waals surface area (Å²) in [4.78, 5) is 4.28. The van der Waals surface area contributed by atoms with Gasteiger partial charge in [0, 0.05) is 12.2 Å². The van der Waals surface area contributed by atoms with Gasteiger partial charge in [0.1, 0.15) is 0 Å². The molecular weight excluding hydrogens is 224 g/mol. The van der Waals surface area contributed by atoms with Gasteiger partial charge in [0.25, 0.3) is 0 Å². The van der Waals surface area contributed by atoms with Gasteiger partial charge in [0.15, 0.2) is 11.6 Å². The van der Waals surface area contributed by atoms with Crippen LogP contribution in [0.1, 0.15) is 25.7 Å². The van der Waals surface area contributed by atoms with E-state index in [1.165, 1.54) is 12.8 Å². The molecule has 1 aromatic heterocycles. The van der Waals surface area contributed by atoms with Gasteiger partial charge in [-0.05, 0) is 25.0 Å². The lowest BCUT2D eigenvalue weighted by atomic mass is 9.95. The zero-order chi connectivity index (χ0) is 11.4. The zero-order valence-corrected chi connectivity index (χ0v) is 10.2. The van der Waals surface area contributed by atoms with Crippen molar-refractivity contribution in [2.45, 2.75) is 37.1 Å². The van der Waals surface area contributed by atoms with Crippen molar-refractivity contribution >= 4 is 17.4 Å². The lowest BCUT2D eigenvalue weighted by Crippen LogP contribution is -2.33. The van der Waals surface area contributed by atoms with E-state index in [1.54, 1.807) is 13.3 Å². The summed E-state index contributed by atoms with van der Waals surface area (Å²) in [6.07, 6.45) is 6.40. The Morgan fingerprint density at radius 1 is 1.44 bits per heavy atom. The van der Waals surface area contributed by atoms with Crippen LogP contribution in [0.15, 0.2) is 18.3 Å². The highest BCUT2D eigenvalue weighted by molar-refractivity contribution is 6.21. The Kier molecular flexibility index (Phi) is 3.88. The number of halogens is 1. The van der Waals surface area contributed by atoms with Gasteiger partial charge >= 0.3 is 0 Å². The van der Waals surface area contributed by atoms with Gasteiger partial charge in [-0.25, -0.2) is 4.98 Å². The van der Waals surface area contributed by atoms with Crippen LogP contribution < -0.4 is 10.1 Å². The Hall–Kier alpha value is -0.960. The van der Waals surface area contributed by atoms with Crippen LogP contribution in [0.2, 0.25) is 0 Å². The third-order valence-corrected chi connectivity index (χ3v) is 3.52. The number of aromatic nitrogens is 1. The maximum atomic E-state index is 6.30. The summed E-state index contributed by atoms with van der Waals surface area (Å²) in [7, 11) is 1.65. The van der Waals surface area contributed by atoms with Crippen LogP contribution in [0.4, 0.5) is 5.82 Å². The SMILES string of the molecule is COc1cccnc1NC1CCCCC1Cl. The van der Waals surface area contributed by atoms with Gasteiger partial charge < -0.3 is 10.1 Å². The lowest BCUT2D eigenvalue weighted by Gasteiger charge is -2.28. The van der Waals surface area contributed by atoms with Crippen LogP contribution in [-0.4, -0.2) is 23.5 Å². The fourth-order valence-corrected chi connectivity index (χ4v) is 2.43. The van der Waals surface area contributed by atoms with Crippen LogP contribution in [0.25, 0.3) is 0 Å². The number of hydrogen-bond acceptors (Lipinski definition) is 3. The van der Waals surface area contributed by atoms with Crippen molar-refractivity contribution in [2.75, 3.05) is 12.4 Å². The normalized spacial score (nSPS) is 25.1. The number of alkyl halides is 1. The lowest BCUT2D eigenvalue weighted by molar-refractivity contribution is 0.411. The Balaban J connectivity index is 2.07. The maximum absolute atomic E-state index is 6.30. The van der Waals surface area contributed by atoms with Gasteiger partial charge in [0.05, 0.1) is 12.5 Å². The Bertz CT molecular complexity index is 346. The Morgan fingerprint density at radius 2 is 2.25 bits per heavy atom. The molecule has 0 aromatic carbocycles. The molecule has 1 fully saturated rings. The van der Waals surface area contributed by atoms with Crippen LogP contribution >= 0.6 is 11.6 Å². The van der Waals surface area contributed by atoms with Crippen molar-refractivity contribution in [1.29, 1.82) is 0 Å². The number of rotatable bonds is 3. The molecule has 3 nitrogen and oxygen atoms in total. The first kappa shape index (κ1) is 11.5. The van der Waals surface area contributed by atoms with Gasteiger partial charge in [0.2, 0.25) is 0 Å². The second kappa shape index (κ2) is 5.39. The molecule has 0 aliphatic heterocycles. The van der Waals surface area contributed by atoms with E-state index in [2.05, 4.69) is 10.3 Å². The molecule has 1 aliphatic carbocycles. The average Bonchev–Trinajstić information content (AvgIpc) is 2.33. The fourth-order valence-electron chi connectivity index (χ4n) is 2.09. The van der Waals surface area contributed by atoms with Crippen molar-refractivity contribution in [3.05, 3.63) is 18.3 Å². The van der Waals surface area contributed by atoms with E-state index in [-0.39, 0.29) is 5.38 Å². The van der Waals surface area contributed by atoms with E-state index < -0.39 is 0 Å². The standard InChI is InChI=1S/C12H17ClN2O/c1-16-11-7-4-8-14-12(11)15-10-6-3-2-5-9(10)13/h4,7-10H,2-3,5-6H2,1H3,(H,14,15). The summed E-state index contributed by atoms with van der Waals surface area (Å²) in [6, 6.07) is 4.07. The molecule has 1 heterocycles. The van der Waals surface area contributed by atoms with E-state index in [0.717, 1.165) is 24.4 Å². The van der Waals surface area contributed by atoms with Crippen molar-refractivity contribution < 1.29 is 4.74 Å². The van der Waals surface area contributed by atoms with Gasteiger partial charge in [-0.1, -0.05) is 12.8 Å². The predicted octanol–water partition coefficient (Wildman–Crippen LogP) is 3.05. The minimum absolute atomic E-state index is 0.195. The molecule has 1 aliphatic rings. The number of nitrogens with one attached hydrogen (secondary N) is 1. The average molecular weight is 241 g/mol. The third-order valence-electron chi connectivity index (χ3n) is 2.99. The van der Waals surface area contributed by atoms with E-state index in [1.807, 2.05) is 12.1 Å². The van der Waals surface area contributed by atoms with Gasteiger partial charge in [-0.2, -0.15) is 0 Å². The van der Waals surface area contributed by atoms with E-state index in [9.17, 15) is 0 Å². The minimum Gasteiger partial charge on any atom is -0.493 e. The third kappa shape index (κ3) is 2.59. The highest BCUT2D eigenvalue weighted by atomic mass is 35.5. The maximum Gasteiger partial charge on any atom is 0.168 e. The Labute approximate surface area is 101 Å². The topological polar surface area (TPSA) is 34.1 Å². The Morgan fingerprint density at radius 3 is 3.00 bits per heavy atom. The number of anilines is 1. The number of methoxy groups -OCH3 is 1. The molecular formula is C12H17ClN2O. The summed E-state index contributed by atoms with van der Waals surface area (Å²) in [6.45, 7) is 0.